The van der Waals surface area contributed by atoms with Crippen LogP contribution in [0.1, 0.15) is 34.6 Å². The van der Waals surface area contributed by atoms with E-state index in [1.807, 2.05) is 44.2 Å². The number of hydrogen-bond acceptors (Lipinski definition) is 3. The molecule has 3 amide bonds. The minimum atomic E-state index is -0.214. The van der Waals surface area contributed by atoms with Crippen LogP contribution in [0.4, 0.5) is 16.2 Å². The molecule has 1 aliphatic rings. The van der Waals surface area contributed by atoms with E-state index in [1.54, 1.807) is 28.9 Å². The van der Waals surface area contributed by atoms with Gasteiger partial charge in [0.2, 0.25) is 0 Å². The van der Waals surface area contributed by atoms with E-state index in [0.29, 0.717) is 28.7 Å². The Balaban J connectivity index is 1.45. The molecular formula is C22H23N5O2. The number of nitrogens with one attached hydrogen (secondary N) is 3. The molecule has 4 rings (SSSR count). The third-order valence-electron chi connectivity index (χ3n) is 4.83. The molecule has 7 heteroatoms. The van der Waals surface area contributed by atoms with Crippen molar-refractivity contribution in [3.63, 3.8) is 0 Å². The lowest BCUT2D eigenvalue weighted by atomic mass is 10.1. The number of aryl methyl sites for hydroxylation is 1. The highest BCUT2D eigenvalue weighted by Gasteiger charge is 2.23. The van der Waals surface area contributed by atoms with Gasteiger partial charge in [0.05, 0.1) is 22.6 Å². The molecule has 0 saturated heterocycles. The lowest BCUT2D eigenvalue weighted by Gasteiger charge is -2.09. The van der Waals surface area contributed by atoms with Crippen LogP contribution in [-0.4, -0.2) is 27.8 Å². The SMILES string of the molecule is Cc1nn(-c2ccccc2)c(C)c1C(=O)Nc1ccc(NC(=O)NC2CC2)cc1. The highest BCUT2D eigenvalue weighted by molar-refractivity contribution is 6.06. The largest absolute Gasteiger partial charge is 0.335 e. The molecular weight excluding hydrogens is 366 g/mol. The molecule has 0 atom stereocenters. The molecule has 0 unspecified atom stereocenters. The van der Waals surface area contributed by atoms with Crippen LogP contribution in [0.25, 0.3) is 5.69 Å². The van der Waals surface area contributed by atoms with Gasteiger partial charge in [-0.05, 0) is 63.1 Å². The minimum absolute atomic E-state index is 0.205. The Kier molecular flexibility index (Phi) is 5.03. The van der Waals surface area contributed by atoms with E-state index in [0.717, 1.165) is 24.2 Å². The molecule has 1 aliphatic carbocycles. The number of nitrogens with zero attached hydrogens (tertiary/aromatic N) is 2. The van der Waals surface area contributed by atoms with Gasteiger partial charge < -0.3 is 16.0 Å². The summed E-state index contributed by atoms with van der Waals surface area (Å²) in [7, 11) is 0. The van der Waals surface area contributed by atoms with E-state index in [4.69, 9.17) is 0 Å². The Morgan fingerprint density at radius 2 is 1.55 bits per heavy atom. The third-order valence-corrected chi connectivity index (χ3v) is 4.83. The number of hydrogen-bond donors (Lipinski definition) is 3. The van der Waals surface area contributed by atoms with Gasteiger partial charge in [0.25, 0.3) is 5.91 Å². The number of carbonyl (C=O) groups is 2. The molecule has 1 heterocycles. The molecule has 0 aliphatic heterocycles. The highest BCUT2D eigenvalue weighted by atomic mass is 16.2. The fourth-order valence-electron chi connectivity index (χ4n) is 3.20. The van der Waals surface area contributed by atoms with Crippen LogP contribution >= 0.6 is 0 Å². The number of rotatable bonds is 5. The summed E-state index contributed by atoms with van der Waals surface area (Å²) < 4.78 is 1.77. The Bertz CT molecular complexity index is 1040. The first kappa shape index (κ1) is 18.7. The van der Waals surface area contributed by atoms with E-state index >= 15 is 0 Å². The monoisotopic (exact) mass is 389 g/mol. The minimum Gasteiger partial charge on any atom is -0.335 e. The van der Waals surface area contributed by atoms with Crippen molar-refractivity contribution in [1.29, 1.82) is 0 Å². The fourth-order valence-corrected chi connectivity index (χ4v) is 3.20. The Hall–Kier alpha value is -3.61. The first-order chi connectivity index (χ1) is 14.0. The number of para-hydroxylation sites is 1. The second-order valence-corrected chi connectivity index (χ2v) is 7.20. The van der Waals surface area contributed by atoms with E-state index in [2.05, 4.69) is 21.0 Å². The van der Waals surface area contributed by atoms with Crippen LogP contribution < -0.4 is 16.0 Å². The quantitative estimate of drug-likeness (QED) is 0.616. The zero-order chi connectivity index (χ0) is 20.4. The maximum Gasteiger partial charge on any atom is 0.319 e. The number of urea groups is 1. The zero-order valence-electron chi connectivity index (χ0n) is 16.4. The van der Waals surface area contributed by atoms with Crippen LogP contribution in [0, 0.1) is 13.8 Å². The Labute approximate surface area is 169 Å². The van der Waals surface area contributed by atoms with Crippen LogP contribution in [0.15, 0.2) is 54.6 Å². The van der Waals surface area contributed by atoms with Gasteiger partial charge in [0, 0.05) is 17.4 Å². The fraction of sp³-hybridized carbons (Fsp3) is 0.227. The molecule has 7 nitrogen and oxygen atoms in total. The summed E-state index contributed by atoms with van der Waals surface area (Å²) in [5.74, 6) is -0.214. The first-order valence-corrected chi connectivity index (χ1v) is 9.62. The van der Waals surface area contributed by atoms with Crippen LogP contribution in [0.3, 0.4) is 0 Å². The zero-order valence-corrected chi connectivity index (χ0v) is 16.4. The molecule has 3 aromatic rings. The third kappa shape index (κ3) is 4.29. The first-order valence-electron chi connectivity index (χ1n) is 9.62. The second-order valence-electron chi connectivity index (χ2n) is 7.20. The van der Waals surface area contributed by atoms with Crippen molar-refractivity contribution >= 4 is 23.3 Å². The van der Waals surface area contributed by atoms with Gasteiger partial charge in [-0.2, -0.15) is 5.10 Å². The number of carbonyl (C=O) groups excluding carboxylic acids is 2. The summed E-state index contributed by atoms with van der Waals surface area (Å²) in [5.41, 5.74) is 4.23. The van der Waals surface area contributed by atoms with Crippen molar-refractivity contribution in [2.24, 2.45) is 0 Å². The van der Waals surface area contributed by atoms with Crippen molar-refractivity contribution in [2.45, 2.75) is 32.7 Å². The number of aromatic nitrogens is 2. The highest BCUT2D eigenvalue weighted by Crippen LogP contribution is 2.21. The average molecular weight is 389 g/mol. The lowest BCUT2D eigenvalue weighted by Crippen LogP contribution is -2.30. The average Bonchev–Trinajstić information content (AvgIpc) is 3.46. The van der Waals surface area contributed by atoms with Crippen LogP contribution in [0.5, 0.6) is 0 Å². The normalized spacial score (nSPS) is 13.0. The predicted octanol–water partition coefficient (Wildman–Crippen LogP) is 4.03. The van der Waals surface area contributed by atoms with Gasteiger partial charge in [-0.25, -0.2) is 9.48 Å². The molecule has 1 fully saturated rings. The van der Waals surface area contributed by atoms with E-state index < -0.39 is 0 Å². The summed E-state index contributed by atoms with van der Waals surface area (Å²) in [5, 5.41) is 13.1. The van der Waals surface area contributed by atoms with Crippen molar-refractivity contribution in [2.75, 3.05) is 10.6 Å². The standard InChI is InChI=1S/C22H23N5O2/c1-14-20(15(2)27(26-14)19-6-4-3-5-7-19)21(28)23-16-8-10-17(11-9-16)24-22(29)25-18-12-13-18/h3-11,18H,12-13H2,1-2H3,(H,23,28)(H2,24,25,29). The summed E-state index contributed by atoms with van der Waals surface area (Å²) in [6.45, 7) is 3.71. The molecule has 0 bridgehead atoms. The molecule has 2 aromatic carbocycles. The van der Waals surface area contributed by atoms with E-state index in [-0.39, 0.29) is 11.9 Å². The number of anilines is 2. The van der Waals surface area contributed by atoms with E-state index in [1.165, 1.54) is 0 Å². The maximum atomic E-state index is 12.8. The topological polar surface area (TPSA) is 88.1 Å². The summed E-state index contributed by atoms with van der Waals surface area (Å²) in [6.07, 6.45) is 2.08. The van der Waals surface area contributed by atoms with Gasteiger partial charge in [-0.1, -0.05) is 18.2 Å². The molecule has 0 spiro atoms. The molecule has 148 valence electrons. The number of benzene rings is 2. The number of amides is 3. The van der Waals surface area contributed by atoms with Crippen LogP contribution in [-0.2, 0) is 0 Å². The maximum absolute atomic E-state index is 12.8. The van der Waals surface area contributed by atoms with Gasteiger partial charge in [0.1, 0.15) is 0 Å². The van der Waals surface area contributed by atoms with Crippen molar-refractivity contribution < 1.29 is 9.59 Å². The summed E-state index contributed by atoms with van der Waals surface area (Å²) in [4.78, 5) is 24.7. The Morgan fingerprint density at radius 1 is 0.931 bits per heavy atom. The van der Waals surface area contributed by atoms with Gasteiger partial charge >= 0.3 is 6.03 Å². The summed E-state index contributed by atoms with van der Waals surface area (Å²) >= 11 is 0. The van der Waals surface area contributed by atoms with Crippen molar-refractivity contribution in [1.82, 2.24) is 15.1 Å². The Morgan fingerprint density at radius 3 is 2.17 bits per heavy atom. The molecule has 3 N–H and O–H groups in total. The molecule has 1 saturated carbocycles. The molecule has 1 aromatic heterocycles. The summed E-state index contributed by atoms with van der Waals surface area (Å²) in [6, 6.07) is 16.9. The van der Waals surface area contributed by atoms with E-state index in [9.17, 15) is 9.59 Å². The molecule has 29 heavy (non-hydrogen) atoms. The van der Waals surface area contributed by atoms with Crippen LogP contribution in [0.2, 0.25) is 0 Å². The predicted molar refractivity (Wildman–Crippen MR) is 113 cm³/mol. The van der Waals surface area contributed by atoms with Gasteiger partial charge in [0.15, 0.2) is 0 Å². The van der Waals surface area contributed by atoms with Crippen molar-refractivity contribution in [3.8, 4) is 5.69 Å². The second kappa shape index (κ2) is 7.79. The van der Waals surface area contributed by atoms with Crippen molar-refractivity contribution in [3.05, 3.63) is 71.5 Å². The lowest BCUT2D eigenvalue weighted by molar-refractivity contribution is 0.102. The smallest absolute Gasteiger partial charge is 0.319 e. The van der Waals surface area contributed by atoms with Gasteiger partial charge in [-0.15, -0.1) is 0 Å². The molecule has 0 radical (unpaired) electrons. The van der Waals surface area contributed by atoms with Gasteiger partial charge in [-0.3, -0.25) is 4.79 Å².